The molecule has 0 unspecified atom stereocenters. The van der Waals surface area contributed by atoms with Crippen molar-refractivity contribution in [3.8, 4) is 11.5 Å². The van der Waals surface area contributed by atoms with E-state index in [0.717, 1.165) is 0 Å². The molecular formula is C18H11F4NO4. The highest BCUT2D eigenvalue weighted by Gasteiger charge is 2.25. The van der Waals surface area contributed by atoms with Crippen molar-refractivity contribution in [3.05, 3.63) is 65.4 Å². The zero-order valence-corrected chi connectivity index (χ0v) is 13.4. The van der Waals surface area contributed by atoms with E-state index in [0.29, 0.717) is 0 Å². The first kappa shape index (κ1) is 18.4. The number of carbonyl (C=O) groups excluding carboxylic acids is 1. The Morgan fingerprint density at radius 2 is 1.70 bits per heavy atom. The van der Waals surface area contributed by atoms with E-state index in [1.807, 2.05) is 0 Å². The van der Waals surface area contributed by atoms with Gasteiger partial charge in [-0.15, -0.1) is 0 Å². The van der Waals surface area contributed by atoms with E-state index in [1.165, 1.54) is 48.5 Å². The van der Waals surface area contributed by atoms with E-state index in [-0.39, 0.29) is 34.2 Å². The normalized spacial score (nSPS) is 15.3. The van der Waals surface area contributed by atoms with Gasteiger partial charge in [-0.3, -0.25) is 0 Å². The van der Waals surface area contributed by atoms with Crippen LogP contribution >= 0.6 is 0 Å². The lowest BCUT2D eigenvalue weighted by Gasteiger charge is -2.07. The van der Waals surface area contributed by atoms with Gasteiger partial charge in [-0.25, -0.2) is 9.79 Å². The molecule has 140 valence electrons. The summed E-state index contributed by atoms with van der Waals surface area (Å²) in [5.41, 5.74) is 0.280. The molecule has 5 nitrogen and oxygen atoms in total. The summed E-state index contributed by atoms with van der Waals surface area (Å²) in [6.07, 6.45) is 1.23. The molecule has 2 aromatic rings. The highest BCUT2D eigenvalue weighted by molar-refractivity contribution is 6.13. The van der Waals surface area contributed by atoms with Crippen LogP contribution in [0.4, 0.5) is 17.6 Å². The number of hydrogen-bond acceptors (Lipinski definition) is 5. The molecule has 0 radical (unpaired) electrons. The summed E-state index contributed by atoms with van der Waals surface area (Å²) in [6.45, 7) is -6.04. The Morgan fingerprint density at radius 3 is 2.44 bits per heavy atom. The van der Waals surface area contributed by atoms with Crippen LogP contribution in [0.1, 0.15) is 11.1 Å². The summed E-state index contributed by atoms with van der Waals surface area (Å²) in [6, 6.07) is 11.3. The van der Waals surface area contributed by atoms with Gasteiger partial charge in [0.25, 0.3) is 0 Å². The van der Waals surface area contributed by atoms with E-state index in [4.69, 9.17) is 4.74 Å². The lowest BCUT2D eigenvalue weighted by Crippen LogP contribution is -2.07. The van der Waals surface area contributed by atoms with Crippen LogP contribution in [0.5, 0.6) is 11.5 Å². The van der Waals surface area contributed by atoms with E-state index in [1.54, 1.807) is 6.07 Å². The number of para-hydroxylation sites is 1. The molecule has 0 aromatic heterocycles. The summed E-state index contributed by atoms with van der Waals surface area (Å²) in [4.78, 5) is 16.0. The van der Waals surface area contributed by atoms with Crippen LogP contribution in [0.2, 0.25) is 0 Å². The molecule has 0 spiro atoms. The predicted octanol–water partition coefficient (Wildman–Crippen LogP) is 4.23. The average molecular weight is 381 g/mol. The molecule has 0 amide bonds. The van der Waals surface area contributed by atoms with Crippen molar-refractivity contribution in [2.75, 3.05) is 0 Å². The van der Waals surface area contributed by atoms with Gasteiger partial charge < -0.3 is 14.2 Å². The molecule has 2 aromatic carbocycles. The van der Waals surface area contributed by atoms with Crippen molar-refractivity contribution in [3.63, 3.8) is 0 Å². The maximum absolute atomic E-state index is 12.5. The van der Waals surface area contributed by atoms with Gasteiger partial charge in [0, 0.05) is 11.1 Å². The second-order valence-corrected chi connectivity index (χ2v) is 5.16. The van der Waals surface area contributed by atoms with Crippen LogP contribution in [0, 0.1) is 0 Å². The maximum atomic E-state index is 12.5. The van der Waals surface area contributed by atoms with Crippen LogP contribution in [0.15, 0.2) is 59.2 Å². The molecule has 0 aliphatic carbocycles. The molecule has 0 atom stereocenters. The van der Waals surface area contributed by atoms with Crippen molar-refractivity contribution in [2.45, 2.75) is 13.2 Å². The Labute approximate surface area is 150 Å². The summed E-state index contributed by atoms with van der Waals surface area (Å²) >= 11 is 0. The summed E-state index contributed by atoms with van der Waals surface area (Å²) < 4.78 is 63.3. The number of benzene rings is 2. The topological polar surface area (TPSA) is 57.1 Å². The highest BCUT2D eigenvalue weighted by atomic mass is 19.3. The Balaban J connectivity index is 1.90. The van der Waals surface area contributed by atoms with Crippen molar-refractivity contribution in [1.29, 1.82) is 0 Å². The van der Waals surface area contributed by atoms with E-state index in [2.05, 4.69) is 14.5 Å². The summed E-state index contributed by atoms with van der Waals surface area (Å²) in [5.74, 6) is -1.21. The molecule has 9 heteroatoms. The van der Waals surface area contributed by atoms with Gasteiger partial charge in [0.05, 0.1) is 0 Å². The van der Waals surface area contributed by atoms with Crippen molar-refractivity contribution in [1.82, 2.24) is 0 Å². The number of aliphatic imine (C=N–C) groups is 1. The van der Waals surface area contributed by atoms with Gasteiger partial charge in [-0.05, 0) is 30.3 Å². The number of halogens is 4. The molecule has 1 aliphatic rings. The Hall–Kier alpha value is -3.36. The molecule has 1 heterocycles. The molecule has 0 N–H and O–H groups in total. The first-order valence-electron chi connectivity index (χ1n) is 7.54. The van der Waals surface area contributed by atoms with Crippen LogP contribution in [-0.2, 0) is 9.53 Å². The lowest BCUT2D eigenvalue weighted by atomic mass is 10.1. The second kappa shape index (κ2) is 7.90. The van der Waals surface area contributed by atoms with Gasteiger partial charge in [0.2, 0.25) is 5.90 Å². The van der Waals surface area contributed by atoms with Gasteiger partial charge in [-0.2, -0.15) is 17.6 Å². The first-order chi connectivity index (χ1) is 12.9. The number of cyclic esters (lactones) is 1. The fraction of sp³-hybridized carbons (Fsp3) is 0.111. The van der Waals surface area contributed by atoms with Gasteiger partial charge in [0.1, 0.15) is 11.5 Å². The molecule has 0 saturated carbocycles. The van der Waals surface area contributed by atoms with Crippen molar-refractivity contribution >= 4 is 17.9 Å². The fourth-order valence-electron chi connectivity index (χ4n) is 2.29. The summed E-state index contributed by atoms with van der Waals surface area (Å²) in [5, 5.41) is 0. The Kier molecular flexibility index (Phi) is 5.39. The molecule has 1 aliphatic heterocycles. The van der Waals surface area contributed by atoms with Gasteiger partial charge in [-0.1, -0.05) is 24.3 Å². The number of alkyl halides is 4. The average Bonchev–Trinajstić information content (AvgIpc) is 2.97. The Bertz CT molecular complexity index is 912. The van der Waals surface area contributed by atoms with Crippen molar-refractivity contribution < 1.29 is 36.6 Å². The minimum absolute atomic E-state index is 0.127. The monoisotopic (exact) mass is 381 g/mol. The predicted molar refractivity (Wildman–Crippen MR) is 86.8 cm³/mol. The van der Waals surface area contributed by atoms with Crippen LogP contribution in [0.25, 0.3) is 6.08 Å². The largest absolute Gasteiger partial charge is 0.435 e. The summed E-state index contributed by atoms with van der Waals surface area (Å²) in [7, 11) is 0. The quantitative estimate of drug-likeness (QED) is 0.427. The van der Waals surface area contributed by atoms with E-state index >= 15 is 0 Å². The van der Waals surface area contributed by atoms with Crippen LogP contribution < -0.4 is 9.47 Å². The standard InChI is InChI=1S/C18H11F4NO4/c19-17(20)25-12-6-3-5-11(8-12)15-23-13(16(24)27-15)9-10-4-1-2-7-14(10)26-18(21)22/h1-9,17-18H. The molecule has 0 fully saturated rings. The number of rotatable bonds is 6. The zero-order valence-electron chi connectivity index (χ0n) is 13.4. The number of esters is 1. The highest BCUT2D eigenvalue weighted by Crippen LogP contribution is 2.26. The Morgan fingerprint density at radius 1 is 0.963 bits per heavy atom. The minimum atomic E-state index is -3.03. The second-order valence-electron chi connectivity index (χ2n) is 5.16. The molecule has 3 rings (SSSR count). The smallest absolute Gasteiger partial charge is 0.387 e. The van der Waals surface area contributed by atoms with Gasteiger partial charge >= 0.3 is 19.2 Å². The third kappa shape index (κ3) is 4.63. The maximum Gasteiger partial charge on any atom is 0.387 e. The number of ether oxygens (including phenoxy) is 3. The van der Waals surface area contributed by atoms with Crippen LogP contribution in [-0.4, -0.2) is 25.1 Å². The molecule has 0 saturated heterocycles. The number of carbonyl (C=O) groups is 1. The molecule has 27 heavy (non-hydrogen) atoms. The SMILES string of the molecule is O=C1OC(c2cccc(OC(F)F)c2)=NC1=Cc1ccccc1OC(F)F. The zero-order chi connectivity index (χ0) is 19.4. The van der Waals surface area contributed by atoms with E-state index in [9.17, 15) is 22.4 Å². The van der Waals surface area contributed by atoms with Gasteiger partial charge in [0.15, 0.2) is 5.70 Å². The number of hydrogen-bond donors (Lipinski definition) is 0. The third-order valence-corrected chi connectivity index (χ3v) is 3.35. The minimum Gasteiger partial charge on any atom is -0.435 e. The lowest BCUT2D eigenvalue weighted by molar-refractivity contribution is -0.129. The number of nitrogens with zero attached hydrogens (tertiary/aromatic N) is 1. The molecular weight excluding hydrogens is 370 g/mol. The first-order valence-corrected chi connectivity index (χ1v) is 7.54. The van der Waals surface area contributed by atoms with E-state index < -0.39 is 19.2 Å². The van der Waals surface area contributed by atoms with Crippen molar-refractivity contribution in [2.24, 2.45) is 4.99 Å². The third-order valence-electron chi connectivity index (χ3n) is 3.35. The fourth-order valence-corrected chi connectivity index (χ4v) is 2.29. The molecule has 0 bridgehead atoms. The van der Waals surface area contributed by atoms with Crippen LogP contribution in [0.3, 0.4) is 0 Å².